The lowest BCUT2D eigenvalue weighted by Crippen LogP contribution is -2.44. The highest BCUT2D eigenvalue weighted by molar-refractivity contribution is 7.10. The van der Waals surface area contributed by atoms with Gasteiger partial charge in [0.1, 0.15) is 24.1 Å². The van der Waals surface area contributed by atoms with Gasteiger partial charge in [0, 0.05) is 50.8 Å². The van der Waals surface area contributed by atoms with Crippen LogP contribution in [0.3, 0.4) is 0 Å². The Morgan fingerprint density at radius 1 is 1.08 bits per heavy atom. The first-order valence-corrected chi connectivity index (χ1v) is 13.7. The van der Waals surface area contributed by atoms with Crippen LogP contribution in [-0.4, -0.2) is 61.9 Å². The molecule has 0 atom stereocenters. The lowest BCUT2D eigenvalue weighted by molar-refractivity contribution is -0.281. The molecule has 2 saturated heterocycles. The monoisotopic (exact) mass is 531 g/mol. The Kier molecular flexibility index (Phi) is 8.94. The highest BCUT2D eigenvalue weighted by atomic mass is 32.1. The predicted octanol–water partition coefficient (Wildman–Crippen LogP) is 5.46. The molecular formula is C27H37N3O6S. The second-order valence-electron chi connectivity index (χ2n) is 10.3. The van der Waals surface area contributed by atoms with E-state index in [2.05, 4.69) is 10.2 Å². The molecule has 0 bridgehead atoms. The zero-order chi connectivity index (χ0) is 26.4. The van der Waals surface area contributed by atoms with E-state index >= 15 is 0 Å². The van der Waals surface area contributed by atoms with Crippen molar-refractivity contribution in [3.05, 3.63) is 40.1 Å². The summed E-state index contributed by atoms with van der Waals surface area (Å²) >= 11 is 1.48. The van der Waals surface area contributed by atoms with Crippen LogP contribution < -0.4 is 15.0 Å². The molecule has 9 nitrogen and oxygen atoms in total. The predicted molar refractivity (Wildman–Crippen MR) is 143 cm³/mol. The number of thiophene rings is 1. The number of rotatable bonds is 8. The summed E-state index contributed by atoms with van der Waals surface area (Å²) in [6, 6.07) is 7.65. The van der Waals surface area contributed by atoms with E-state index in [0.29, 0.717) is 42.9 Å². The Hall–Kier alpha value is -2.82. The zero-order valence-corrected chi connectivity index (χ0v) is 22.9. The third-order valence-electron chi connectivity index (χ3n) is 6.37. The Balaban J connectivity index is 1.47. The van der Waals surface area contributed by atoms with Crippen LogP contribution in [0.25, 0.3) is 0 Å². The van der Waals surface area contributed by atoms with Crippen molar-refractivity contribution in [3.8, 4) is 5.75 Å². The van der Waals surface area contributed by atoms with Crippen LogP contribution in [0.4, 0.5) is 16.2 Å². The van der Waals surface area contributed by atoms with Crippen LogP contribution in [0.2, 0.25) is 0 Å². The fourth-order valence-electron chi connectivity index (χ4n) is 4.50. The average Bonchev–Trinajstić information content (AvgIpc) is 3.54. The molecular weight excluding hydrogens is 494 g/mol. The summed E-state index contributed by atoms with van der Waals surface area (Å²) in [6.07, 6.45) is 3.24. The standard InChI is InChI=1S/C27H37N3O6S/c1-27(2,3)36-26(32)30-14-9-20(10-15-30)35-23-17-19(29-12-5-6-13-29)7-8-21(23)25(31)28-22-11-16-37-24(22)18-34-33-4/h7-8,11,16-17,20H,5-6,9-10,12-15,18H2,1-4H3,(H,28,31). The largest absolute Gasteiger partial charge is 0.489 e. The normalized spacial score (nSPS) is 16.6. The maximum Gasteiger partial charge on any atom is 0.410 e. The third-order valence-corrected chi connectivity index (χ3v) is 7.26. The quantitative estimate of drug-likeness (QED) is 0.358. The minimum atomic E-state index is -0.527. The molecule has 2 fully saturated rings. The van der Waals surface area contributed by atoms with Crippen molar-refractivity contribution in [1.29, 1.82) is 0 Å². The van der Waals surface area contributed by atoms with Crippen LogP contribution in [-0.2, 0) is 21.1 Å². The smallest absolute Gasteiger partial charge is 0.410 e. The lowest BCUT2D eigenvalue weighted by atomic mass is 10.1. The van der Waals surface area contributed by atoms with Crippen molar-refractivity contribution in [1.82, 2.24) is 4.90 Å². The topological polar surface area (TPSA) is 89.6 Å². The fourth-order valence-corrected chi connectivity index (χ4v) is 5.23. The lowest BCUT2D eigenvalue weighted by Gasteiger charge is -2.34. The van der Waals surface area contributed by atoms with Crippen molar-refractivity contribution in [3.63, 3.8) is 0 Å². The van der Waals surface area contributed by atoms with Gasteiger partial charge in [-0.25, -0.2) is 14.6 Å². The van der Waals surface area contributed by atoms with Crippen molar-refractivity contribution in [2.75, 3.05) is 43.5 Å². The van der Waals surface area contributed by atoms with Crippen LogP contribution in [0.5, 0.6) is 5.75 Å². The number of carbonyl (C=O) groups excluding carboxylic acids is 2. The van der Waals surface area contributed by atoms with Crippen LogP contribution in [0, 0.1) is 0 Å². The number of hydrogen-bond donors (Lipinski definition) is 1. The summed E-state index contributed by atoms with van der Waals surface area (Å²) in [5.41, 5.74) is 1.69. The van der Waals surface area contributed by atoms with E-state index in [1.165, 1.54) is 18.4 Å². The molecule has 0 unspecified atom stereocenters. The van der Waals surface area contributed by atoms with E-state index in [4.69, 9.17) is 19.2 Å². The molecule has 0 aliphatic carbocycles. The third kappa shape index (κ3) is 7.37. The van der Waals surface area contributed by atoms with Gasteiger partial charge in [0.2, 0.25) is 0 Å². The number of anilines is 2. The summed E-state index contributed by atoms with van der Waals surface area (Å²) in [7, 11) is 1.45. The summed E-state index contributed by atoms with van der Waals surface area (Å²) < 4.78 is 12.0. The first kappa shape index (κ1) is 27.2. The first-order chi connectivity index (χ1) is 17.7. The maximum atomic E-state index is 13.4. The van der Waals surface area contributed by atoms with Crippen molar-refractivity contribution >= 4 is 34.7 Å². The fraction of sp³-hybridized carbons (Fsp3) is 0.556. The molecule has 37 heavy (non-hydrogen) atoms. The van der Waals surface area contributed by atoms with E-state index < -0.39 is 5.60 Å². The van der Waals surface area contributed by atoms with Gasteiger partial charge < -0.3 is 24.6 Å². The molecule has 1 aromatic carbocycles. The number of nitrogens with zero attached hydrogens (tertiary/aromatic N) is 2. The van der Waals surface area contributed by atoms with Crippen LogP contribution >= 0.6 is 11.3 Å². The number of carbonyl (C=O) groups is 2. The summed E-state index contributed by atoms with van der Waals surface area (Å²) in [5, 5.41) is 4.90. The zero-order valence-electron chi connectivity index (χ0n) is 22.1. The van der Waals surface area contributed by atoms with E-state index in [0.717, 1.165) is 36.5 Å². The van der Waals surface area contributed by atoms with Gasteiger partial charge in [0.15, 0.2) is 0 Å². The Morgan fingerprint density at radius 3 is 2.49 bits per heavy atom. The van der Waals surface area contributed by atoms with Crippen molar-refractivity contribution in [2.45, 2.75) is 64.8 Å². The van der Waals surface area contributed by atoms with E-state index in [-0.39, 0.29) is 24.7 Å². The molecule has 2 aliphatic rings. The van der Waals surface area contributed by atoms with Gasteiger partial charge in [-0.2, -0.15) is 0 Å². The number of likely N-dealkylation sites (tertiary alicyclic amines) is 1. The van der Waals surface area contributed by atoms with E-state index in [1.807, 2.05) is 50.4 Å². The summed E-state index contributed by atoms with van der Waals surface area (Å²) in [5.74, 6) is 0.314. The Bertz CT molecular complexity index is 1070. The van der Waals surface area contributed by atoms with Crippen molar-refractivity contribution in [2.24, 2.45) is 0 Å². The Labute approximate surface area is 222 Å². The number of hydrogen-bond acceptors (Lipinski definition) is 8. The molecule has 2 aliphatic heterocycles. The molecule has 3 heterocycles. The average molecular weight is 532 g/mol. The second-order valence-corrected chi connectivity index (χ2v) is 11.3. The molecule has 0 saturated carbocycles. The summed E-state index contributed by atoms with van der Waals surface area (Å²) in [6.45, 7) is 8.93. The van der Waals surface area contributed by atoms with Gasteiger partial charge in [0.05, 0.1) is 23.2 Å². The number of amides is 2. The van der Waals surface area contributed by atoms with Gasteiger partial charge in [0.25, 0.3) is 5.91 Å². The SMILES string of the molecule is COOCc1sccc1NC(=O)c1ccc(N2CCCC2)cc1OC1CCN(C(=O)OC(C)(C)C)CC1. The highest BCUT2D eigenvalue weighted by Crippen LogP contribution is 2.32. The van der Waals surface area contributed by atoms with Crippen LogP contribution in [0.1, 0.15) is 61.7 Å². The van der Waals surface area contributed by atoms with Gasteiger partial charge in [-0.05, 0) is 57.2 Å². The number of nitrogens with one attached hydrogen (secondary N) is 1. The maximum absolute atomic E-state index is 13.4. The number of piperidine rings is 1. The van der Waals surface area contributed by atoms with Gasteiger partial charge in [-0.15, -0.1) is 11.3 Å². The van der Waals surface area contributed by atoms with Crippen molar-refractivity contribution < 1.29 is 28.8 Å². The molecule has 2 aromatic rings. The molecule has 202 valence electrons. The number of ether oxygens (including phenoxy) is 2. The summed E-state index contributed by atoms with van der Waals surface area (Å²) in [4.78, 5) is 40.5. The van der Waals surface area contributed by atoms with Crippen LogP contribution in [0.15, 0.2) is 29.6 Å². The van der Waals surface area contributed by atoms with Gasteiger partial charge in [-0.3, -0.25) is 4.79 Å². The molecule has 1 N–H and O–H groups in total. The molecule has 10 heteroatoms. The van der Waals surface area contributed by atoms with Gasteiger partial charge in [-0.1, -0.05) is 0 Å². The molecule has 1 aromatic heterocycles. The molecule has 0 spiro atoms. The minimum Gasteiger partial charge on any atom is -0.489 e. The van der Waals surface area contributed by atoms with E-state index in [9.17, 15) is 9.59 Å². The molecule has 2 amide bonds. The van der Waals surface area contributed by atoms with E-state index in [1.54, 1.807) is 4.90 Å². The molecule has 0 radical (unpaired) electrons. The number of benzene rings is 1. The van der Waals surface area contributed by atoms with Gasteiger partial charge >= 0.3 is 6.09 Å². The first-order valence-electron chi connectivity index (χ1n) is 12.8. The minimum absolute atomic E-state index is 0.106. The second kappa shape index (κ2) is 12.1. The highest BCUT2D eigenvalue weighted by Gasteiger charge is 2.29. The molecule has 4 rings (SSSR count). The Morgan fingerprint density at radius 2 is 1.81 bits per heavy atom.